The van der Waals surface area contributed by atoms with Gasteiger partial charge in [0.2, 0.25) is 0 Å². The third-order valence-corrected chi connectivity index (χ3v) is 5.20. The van der Waals surface area contributed by atoms with Crippen LogP contribution in [-0.4, -0.2) is 28.4 Å². The number of hydrogen-bond acceptors (Lipinski definition) is 5. The molecule has 1 saturated heterocycles. The van der Waals surface area contributed by atoms with Gasteiger partial charge in [-0.1, -0.05) is 35.9 Å². The summed E-state index contributed by atoms with van der Waals surface area (Å²) in [5, 5.41) is 11.1. The Bertz CT molecular complexity index is 1150. The number of ether oxygens (including phenoxy) is 1. The van der Waals surface area contributed by atoms with Crippen LogP contribution in [0.4, 0.5) is 5.69 Å². The molecule has 6 heteroatoms. The summed E-state index contributed by atoms with van der Waals surface area (Å²) in [7, 11) is 0. The number of aryl methyl sites for hydroxylation is 1. The number of Topliss-reactive ketones (excluding diaryl/α,β-unsaturated/α-hetero) is 1. The molecule has 1 N–H and O–H groups in total. The van der Waals surface area contributed by atoms with Gasteiger partial charge < -0.3 is 9.84 Å². The van der Waals surface area contributed by atoms with E-state index in [1.807, 2.05) is 26.0 Å². The maximum absolute atomic E-state index is 13.1. The molecule has 1 aromatic heterocycles. The van der Waals surface area contributed by atoms with Gasteiger partial charge in [-0.05, 0) is 43.7 Å². The van der Waals surface area contributed by atoms with Crippen molar-refractivity contribution < 1.29 is 19.4 Å². The fraction of sp³-hybridized carbons (Fsp3) is 0.160. The molecular weight excluding hydrogens is 392 g/mol. The molecule has 2 heterocycles. The lowest BCUT2D eigenvalue weighted by Gasteiger charge is -2.25. The monoisotopic (exact) mass is 414 g/mol. The van der Waals surface area contributed by atoms with Crippen LogP contribution in [0.25, 0.3) is 5.76 Å². The van der Waals surface area contributed by atoms with Crippen LogP contribution in [0.15, 0.2) is 78.6 Å². The summed E-state index contributed by atoms with van der Waals surface area (Å²) in [6, 6.07) is 16.9. The van der Waals surface area contributed by atoms with Gasteiger partial charge in [0.15, 0.2) is 0 Å². The average molecular weight is 414 g/mol. The zero-order valence-electron chi connectivity index (χ0n) is 17.3. The molecule has 1 fully saturated rings. The number of amides is 1. The molecule has 31 heavy (non-hydrogen) atoms. The first-order valence-electron chi connectivity index (χ1n) is 10.0. The van der Waals surface area contributed by atoms with E-state index in [-0.39, 0.29) is 11.3 Å². The van der Waals surface area contributed by atoms with Crippen molar-refractivity contribution in [2.75, 3.05) is 11.5 Å². The average Bonchev–Trinajstić information content (AvgIpc) is 3.05. The number of nitrogens with zero attached hydrogens (tertiary/aromatic N) is 2. The number of hydrogen-bond donors (Lipinski definition) is 1. The van der Waals surface area contributed by atoms with Crippen LogP contribution < -0.4 is 9.64 Å². The fourth-order valence-electron chi connectivity index (χ4n) is 3.72. The van der Waals surface area contributed by atoms with E-state index in [0.29, 0.717) is 29.2 Å². The number of aliphatic hydroxyl groups excluding tert-OH is 1. The van der Waals surface area contributed by atoms with Crippen molar-refractivity contribution in [2.24, 2.45) is 0 Å². The van der Waals surface area contributed by atoms with Gasteiger partial charge in [-0.2, -0.15) is 0 Å². The smallest absolute Gasteiger partial charge is 0.300 e. The standard InChI is InChI=1S/C25H22N2O4/c1-3-31-20-6-4-5-19(15-20)27-22(17-11-13-26-14-12-17)21(24(29)25(27)30)23(28)18-9-7-16(2)8-10-18/h4-15,22,28H,3H2,1-2H3/b23-21+. The molecule has 3 aromatic rings. The molecule has 0 aliphatic carbocycles. The lowest BCUT2D eigenvalue weighted by atomic mass is 9.95. The third-order valence-electron chi connectivity index (χ3n) is 5.20. The number of pyridine rings is 1. The first-order chi connectivity index (χ1) is 15.0. The van der Waals surface area contributed by atoms with Crippen molar-refractivity contribution >= 4 is 23.1 Å². The number of rotatable bonds is 5. The Hall–Kier alpha value is -3.93. The number of carbonyl (C=O) groups excluding carboxylic acids is 2. The predicted octanol–water partition coefficient (Wildman–Crippen LogP) is 4.42. The van der Waals surface area contributed by atoms with Crippen molar-refractivity contribution in [3.63, 3.8) is 0 Å². The van der Waals surface area contributed by atoms with Gasteiger partial charge >= 0.3 is 0 Å². The zero-order valence-corrected chi connectivity index (χ0v) is 17.3. The highest BCUT2D eigenvalue weighted by atomic mass is 16.5. The molecule has 0 saturated carbocycles. The zero-order chi connectivity index (χ0) is 22.0. The van der Waals surface area contributed by atoms with Crippen molar-refractivity contribution in [3.8, 4) is 5.75 Å². The Morgan fingerprint density at radius 1 is 1.06 bits per heavy atom. The molecular formula is C25H22N2O4. The normalized spacial score (nSPS) is 17.7. The summed E-state index contributed by atoms with van der Waals surface area (Å²) in [6.07, 6.45) is 3.19. The number of aromatic nitrogens is 1. The Labute approximate surface area is 180 Å². The van der Waals surface area contributed by atoms with Gasteiger partial charge in [-0.15, -0.1) is 0 Å². The van der Waals surface area contributed by atoms with Gasteiger partial charge in [0, 0.05) is 29.7 Å². The van der Waals surface area contributed by atoms with Crippen LogP contribution in [0.3, 0.4) is 0 Å². The topological polar surface area (TPSA) is 79.7 Å². The first kappa shape index (κ1) is 20.3. The summed E-state index contributed by atoms with van der Waals surface area (Å²) in [4.78, 5) is 31.7. The highest BCUT2D eigenvalue weighted by molar-refractivity contribution is 6.51. The SMILES string of the molecule is CCOc1cccc(N2C(=O)C(=O)/C(=C(/O)c3ccc(C)cc3)C2c2ccncc2)c1. The van der Waals surface area contributed by atoms with Crippen molar-refractivity contribution in [3.05, 3.63) is 95.3 Å². The molecule has 2 aromatic carbocycles. The van der Waals surface area contributed by atoms with Crippen molar-refractivity contribution in [1.82, 2.24) is 4.98 Å². The number of aliphatic hydroxyl groups is 1. The fourth-order valence-corrected chi connectivity index (χ4v) is 3.72. The lowest BCUT2D eigenvalue weighted by molar-refractivity contribution is -0.132. The third kappa shape index (κ3) is 3.80. The van der Waals surface area contributed by atoms with Crippen molar-refractivity contribution in [1.29, 1.82) is 0 Å². The second-order valence-electron chi connectivity index (χ2n) is 7.25. The molecule has 1 aliphatic heterocycles. The summed E-state index contributed by atoms with van der Waals surface area (Å²) in [5.74, 6) is -1.05. The molecule has 156 valence electrons. The molecule has 1 unspecified atom stereocenters. The van der Waals surface area contributed by atoms with E-state index in [9.17, 15) is 14.7 Å². The molecule has 0 bridgehead atoms. The minimum Gasteiger partial charge on any atom is -0.507 e. The van der Waals surface area contributed by atoms with Crippen LogP contribution in [0.5, 0.6) is 5.75 Å². The quantitative estimate of drug-likeness (QED) is 0.380. The number of carbonyl (C=O) groups is 2. The van der Waals surface area contributed by atoms with E-state index in [0.717, 1.165) is 5.56 Å². The summed E-state index contributed by atoms with van der Waals surface area (Å²) in [6.45, 7) is 4.28. The maximum atomic E-state index is 13.1. The van der Waals surface area contributed by atoms with Crippen molar-refractivity contribution in [2.45, 2.75) is 19.9 Å². The molecule has 0 radical (unpaired) electrons. The van der Waals surface area contributed by atoms with Gasteiger partial charge in [0.05, 0.1) is 18.2 Å². The minimum atomic E-state index is -0.791. The second-order valence-corrected chi connectivity index (χ2v) is 7.25. The van der Waals surface area contributed by atoms with Crippen LogP contribution in [0, 0.1) is 6.92 Å². The summed E-state index contributed by atoms with van der Waals surface area (Å²) < 4.78 is 5.57. The van der Waals surface area contributed by atoms with Gasteiger partial charge in [0.25, 0.3) is 11.7 Å². The van der Waals surface area contributed by atoms with Gasteiger partial charge in [-0.3, -0.25) is 19.5 Å². The molecule has 4 rings (SSSR count). The molecule has 1 amide bonds. The maximum Gasteiger partial charge on any atom is 0.300 e. The molecule has 0 spiro atoms. The van der Waals surface area contributed by atoms with E-state index in [4.69, 9.17) is 4.74 Å². The summed E-state index contributed by atoms with van der Waals surface area (Å²) in [5.41, 5.74) is 2.73. The van der Waals surface area contributed by atoms with E-state index in [1.165, 1.54) is 4.90 Å². The Morgan fingerprint density at radius 2 is 1.77 bits per heavy atom. The van der Waals surface area contributed by atoms with Gasteiger partial charge in [0.1, 0.15) is 11.5 Å². The lowest BCUT2D eigenvalue weighted by Crippen LogP contribution is -2.29. The Kier molecular flexibility index (Phi) is 5.54. The van der Waals surface area contributed by atoms with E-state index < -0.39 is 17.7 Å². The second kappa shape index (κ2) is 8.44. The van der Waals surface area contributed by atoms with Crippen LogP contribution in [-0.2, 0) is 9.59 Å². The van der Waals surface area contributed by atoms with Crippen LogP contribution in [0.1, 0.15) is 29.7 Å². The first-order valence-corrected chi connectivity index (χ1v) is 10.0. The minimum absolute atomic E-state index is 0.0434. The van der Waals surface area contributed by atoms with E-state index in [2.05, 4.69) is 4.98 Å². The highest BCUT2D eigenvalue weighted by Gasteiger charge is 2.47. The number of anilines is 1. The highest BCUT2D eigenvalue weighted by Crippen LogP contribution is 2.42. The van der Waals surface area contributed by atoms with E-state index >= 15 is 0 Å². The van der Waals surface area contributed by atoms with Gasteiger partial charge in [-0.25, -0.2) is 0 Å². The van der Waals surface area contributed by atoms with Crippen LogP contribution in [0.2, 0.25) is 0 Å². The van der Waals surface area contributed by atoms with E-state index in [1.54, 1.807) is 60.9 Å². The largest absolute Gasteiger partial charge is 0.507 e. The summed E-state index contributed by atoms with van der Waals surface area (Å²) >= 11 is 0. The molecule has 1 aliphatic rings. The Balaban J connectivity index is 1.91. The number of ketones is 1. The number of benzene rings is 2. The Morgan fingerprint density at radius 3 is 2.45 bits per heavy atom. The molecule has 1 atom stereocenters. The predicted molar refractivity (Wildman–Crippen MR) is 118 cm³/mol. The van der Waals surface area contributed by atoms with Crippen LogP contribution >= 0.6 is 0 Å². The molecule has 6 nitrogen and oxygen atoms in total.